The second-order valence-electron chi connectivity index (χ2n) is 10.7. The van der Waals surface area contributed by atoms with Gasteiger partial charge in [-0.25, -0.2) is 0 Å². The molecule has 3 heterocycles. The van der Waals surface area contributed by atoms with Crippen molar-refractivity contribution in [3.63, 3.8) is 0 Å². The number of nitro groups is 2. The molecule has 2 atom stereocenters. The van der Waals surface area contributed by atoms with E-state index in [4.69, 9.17) is 0 Å². The van der Waals surface area contributed by atoms with E-state index in [0.29, 0.717) is 10.8 Å². The normalized spacial score (nSPS) is 21.6. The summed E-state index contributed by atoms with van der Waals surface area (Å²) in [6.45, 7) is 1.94. The fraction of sp³-hybridized carbons (Fsp3) is 0.172. The molecule has 1 fully saturated rings. The molecule has 43 heavy (non-hydrogen) atoms. The fourth-order valence-electron chi connectivity index (χ4n) is 6.43. The van der Waals surface area contributed by atoms with Gasteiger partial charge >= 0.3 is 0 Å². The summed E-state index contributed by atoms with van der Waals surface area (Å²) >= 11 is 0. The maximum absolute atomic E-state index is 14.1. The smallest absolute Gasteiger partial charge is 0.270 e. The lowest BCUT2D eigenvalue weighted by molar-refractivity contribution is -0.384. The summed E-state index contributed by atoms with van der Waals surface area (Å²) in [5, 5.41) is 30.8. The zero-order valence-electron chi connectivity index (χ0n) is 22.3. The Morgan fingerprint density at radius 1 is 0.721 bits per heavy atom. The Morgan fingerprint density at radius 3 is 1.77 bits per heavy atom. The van der Waals surface area contributed by atoms with E-state index in [0.717, 1.165) is 21.9 Å². The Labute approximate surface area is 241 Å². The molecule has 0 saturated carbocycles. The van der Waals surface area contributed by atoms with E-state index in [-0.39, 0.29) is 57.5 Å². The topological polar surface area (TPSA) is 185 Å². The number of nitro benzene ring substituents is 2. The van der Waals surface area contributed by atoms with Gasteiger partial charge < -0.3 is 0 Å². The van der Waals surface area contributed by atoms with E-state index in [2.05, 4.69) is 10.6 Å². The average Bonchev–Trinajstić information content (AvgIpc) is 2.98. The number of benzene rings is 4. The van der Waals surface area contributed by atoms with Crippen molar-refractivity contribution in [3.8, 4) is 0 Å². The van der Waals surface area contributed by atoms with Crippen LogP contribution >= 0.6 is 0 Å². The number of piperazine rings is 1. The lowest BCUT2D eigenvalue weighted by Crippen LogP contribution is -2.79. The van der Waals surface area contributed by atoms with E-state index in [9.17, 15) is 39.4 Å². The number of carbonyl (C=O) groups excluding carboxylic acids is 4. The van der Waals surface area contributed by atoms with E-state index >= 15 is 0 Å². The molecule has 0 aromatic heterocycles. The Kier molecular flexibility index (Phi) is 5.47. The molecule has 4 aromatic carbocycles. The Hall–Kier alpha value is -5.60. The van der Waals surface area contributed by atoms with Crippen LogP contribution in [0.2, 0.25) is 0 Å². The molecule has 3 aliphatic rings. The molecule has 0 radical (unpaired) electrons. The van der Waals surface area contributed by atoms with Crippen molar-refractivity contribution in [3.05, 3.63) is 103 Å². The van der Waals surface area contributed by atoms with E-state index in [1.165, 1.54) is 31.2 Å². The van der Waals surface area contributed by atoms with Crippen LogP contribution < -0.4 is 10.6 Å². The van der Waals surface area contributed by atoms with Crippen LogP contribution in [0.1, 0.15) is 48.4 Å². The van der Waals surface area contributed by atoms with Gasteiger partial charge in [-0.05, 0) is 29.8 Å². The molecule has 214 valence electrons. The molecule has 7 rings (SSSR count). The number of non-ortho nitro benzene ring substituents is 2. The number of nitrogens with one attached hydrogen (secondary N) is 2. The van der Waals surface area contributed by atoms with Crippen LogP contribution in [-0.2, 0) is 0 Å². The summed E-state index contributed by atoms with van der Waals surface area (Å²) in [6.07, 6.45) is -1.32. The summed E-state index contributed by atoms with van der Waals surface area (Å²) in [7, 11) is 0. The third-order valence-corrected chi connectivity index (χ3v) is 8.31. The molecule has 4 aromatic rings. The van der Waals surface area contributed by atoms with Crippen LogP contribution in [0.3, 0.4) is 0 Å². The second-order valence-corrected chi connectivity index (χ2v) is 10.7. The third-order valence-electron chi connectivity index (χ3n) is 8.31. The van der Waals surface area contributed by atoms with Crippen LogP contribution in [-0.4, -0.2) is 68.2 Å². The largest absolute Gasteiger partial charge is 0.292 e. The molecule has 2 unspecified atom stereocenters. The number of nitrogens with zero attached hydrogens (tertiary/aromatic N) is 4. The van der Waals surface area contributed by atoms with E-state index in [1.54, 1.807) is 24.3 Å². The van der Waals surface area contributed by atoms with Gasteiger partial charge in [0.15, 0.2) is 0 Å². The minimum atomic E-state index is -1.74. The van der Waals surface area contributed by atoms with Crippen molar-refractivity contribution in [2.45, 2.75) is 18.8 Å². The zero-order valence-corrected chi connectivity index (χ0v) is 22.3. The molecule has 1 saturated heterocycles. The van der Waals surface area contributed by atoms with Crippen molar-refractivity contribution < 1.29 is 29.0 Å². The van der Waals surface area contributed by atoms with Gasteiger partial charge in [0, 0.05) is 59.3 Å². The number of rotatable bonds is 4. The first-order valence-electron chi connectivity index (χ1n) is 13.2. The predicted octanol–water partition coefficient (Wildman–Crippen LogP) is 2.94. The Bertz CT molecular complexity index is 2030. The van der Waals surface area contributed by atoms with Gasteiger partial charge in [-0.15, -0.1) is 0 Å². The highest BCUT2D eigenvalue weighted by atomic mass is 16.6. The number of carbonyl (C=O) groups is 4. The van der Waals surface area contributed by atoms with Crippen LogP contribution in [0.15, 0.2) is 60.7 Å². The van der Waals surface area contributed by atoms with Gasteiger partial charge in [-0.1, -0.05) is 24.3 Å². The Balaban J connectivity index is 1.39. The van der Waals surface area contributed by atoms with Gasteiger partial charge in [-0.2, -0.15) is 0 Å². The summed E-state index contributed by atoms with van der Waals surface area (Å²) < 4.78 is 0. The monoisotopic (exact) mass is 580 g/mol. The van der Waals surface area contributed by atoms with E-state index < -0.39 is 45.3 Å². The maximum atomic E-state index is 14.1. The molecule has 14 heteroatoms. The molecule has 2 N–H and O–H groups in total. The zero-order chi connectivity index (χ0) is 30.4. The quantitative estimate of drug-likeness (QED) is 0.207. The highest BCUT2D eigenvalue weighted by molar-refractivity contribution is 6.27. The van der Waals surface area contributed by atoms with Crippen LogP contribution in [0.5, 0.6) is 0 Å². The van der Waals surface area contributed by atoms with Gasteiger partial charge in [0.1, 0.15) is 11.8 Å². The van der Waals surface area contributed by atoms with Crippen molar-refractivity contribution in [2.75, 3.05) is 13.1 Å². The highest BCUT2D eigenvalue weighted by Gasteiger charge is 2.55. The van der Waals surface area contributed by atoms with Crippen molar-refractivity contribution >= 4 is 56.5 Å². The minimum absolute atomic E-state index is 0.0730. The summed E-state index contributed by atoms with van der Waals surface area (Å²) in [5.41, 5.74) is -2.33. The predicted molar refractivity (Wildman–Crippen MR) is 150 cm³/mol. The van der Waals surface area contributed by atoms with E-state index in [1.807, 2.05) is 0 Å². The first-order valence-corrected chi connectivity index (χ1v) is 13.2. The Morgan fingerprint density at radius 2 is 1.21 bits per heavy atom. The van der Waals surface area contributed by atoms with Crippen LogP contribution in [0, 0.1) is 20.2 Å². The van der Waals surface area contributed by atoms with Gasteiger partial charge in [0.05, 0.1) is 21.0 Å². The van der Waals surface area contributed by atoms with Gasteiger partial charge in [0.2, 0.25) is 0 Å². The standard InChI is InChI=1S/C29H20N6O8/c1-29(33-26(38)19-7-3-5-15-11-17(35(42)43)13-21(23(15)19)27(33)39)28(30-8-9-31-29)32-24(36)18-6-2-4-14-10-16(34(40)41)12-20(22(14)18)25(32)37/h2-7,10-13,28,30-31H,8-9H2,1H3. The van der Waals surface area contributed by atoms with Gasteiger partial charge in [0.25, 0.3) is 35.0 Å². The molecule has 0 bridgehead atoms. The number of hydrogen-bond donors (Lipinski definition) is 2. The maximum Gasteiger partial charge on any atom is 0.270 e. The molecular weight excluding hydrogens is 560 g/mol. The summed E-state index contributed by atoms with van der Waals surface area (Å²) in [6, 6.07) is 14.0. The summed E-state index contributed by atoms with van der Waals surface area (Å²) in [5.74, 6) is -3.15. The van der Waals surface area contributed by atoms with Crippen molar-refractivity contribution in [2.24, 2.45) is 0 Å². The number of amides is 4. The first kappa shape index (κ1) is 26.3. The molecule has 0 spiro atoms. The molecule has 0 aliphatic carbocycles. The molecule has 14 nitrogen and oxygen atoms in total. The SMILES string of the molecule is CC1(N2C(=O)c3cccc4cc([N+](=O)[O-])cc(c34)C2=O)NCCNC1N1C(=O)c2cccc3cc([N+](=O)[O-])cc(c23)C1=O. The lowest BCUT2D eigenvalue weighted by atomic mass is 9.88. The third kappa shape index (κ3) is 3.53. The molecular formula is C29H20N6O8. The van der Waals surface area contributed by atoms with Gasteiger partial charge in [-0.3, -0.25) is 59.8 Å². The number of imide groups is 2. The second kappa shape index (κ2) is 8.95. The first-order chi connectivity index (χ1) is 20.5. The minimum Gasteiger partial charge on any atom is -0.292 e. The molecule has 3 aliphatic heterocycles. The average molecular weight is 581 g/mol. The number of hydrogen-bond acceptors (Lipinski definition) is 10. The van der Waals surface area contributed by atoms with Crippen LogP contribution in [0.4, 0.5) is 11.4 Å². The molecule has 4 amide bonds. The lowest BCUT2D eigenvalue weighted by Gasteiger charge is -2.52. The highest BCUT2D eigenvalue weighted by Crippen LogP contribution is 2.40. The van der Waals surface area contributed by atoms with Crippen LogP contribution in [0.25, 0.3) is 21.5 Å². The van der Waals surface area contributed by atoms with Crippen molar-refractivity contribution in [1.29, 1.82) is 0 Å². The van der Waals surface area contributed by atoms with Crippen molar-refractivity contribution in [1.82, 2.24) is 20.4 Å². The summed E-state index contributed by atoms with van der Waals surface area (Å²) in [4.78, 5) is 80.0. The fourth-order valence-corrected chi connectivity index (χ4v) is 6.43.